The third-order valence-corrected chi connectivity index (χ3v) is 6.48. The number of carbonyl (C=O) groups is 1. The van der Waals surface area contributed by atoms with Gasteiger partial charge in [-0.2, -0.15) is 4.98 Å². The second kappa shape index (κ2) is 9.21. The maximum atomic E-state index is 13.9. The van der Waals surface area contributed by atoms with Gasteiger partial charge in [0.05, 0.1) is 11.6 Å². The first-order valence-electron chi connectivity index (χ1n) is 11.5. The highest BCUT2D eigenvalue weighted by atomic mass is 19.1. The predicted octanol–water partition coefficient (Wildman–Crippen LogP) is 5.09. The van der Waals surface area contributed by atoms with Crippen molar-refractivity contribution in [2.45, 2.75) is 32.7 Å². The van der Waals surface area contributed by atoms with E-state index in [1.807, 2.05) is 30.0 Å². The largest absolute Gasteiger partial charge is 0.424 e. The van der Waals surface area contributed by atoms with Gasteiger partial charge in [0.25, 0.3) is 11.9 Å². The normalized spacial score (nSPS) is 18.3. The molecule has 4 aromatic rings. The van der Waals surface area contributed by atoms with Gasteiger partial charge in [-0.1, -0.05) is 19.1 Å². The van der Waals surface area contributed by atoms with E-state index in [1.165, 1.54) is 12.1 Å². The Morgan fingerprint density at radius 2 is 2.03 bits per heavy atom. The number of fused-ring (bicyclic) bond motifs is 1. The summed E-state index contributed by atoms with van der Waals surface area (Å²) in [6, 6.07) is 12.0. The van der Waals surface area contributed by atoms with Crippen molar-refractivity contribution < 1.29 is 13.6 Å². The molecule has 174 valence electrons. The number of aromatic nitrogens is 3. The van der Waals surface area contributed by atoms with Gasteiger partial charge in [-0.05, 0) is 55.5 Å². The molecule has 1 fully saturated rings. The van der Waals surface area contributed by atoms with Crippen LogP contribution in [-0.4, -0.2) is 44.9 Å². The molecule has 5 rings (SSSR count). The van der Waals surface area contributed by atoms with E-state index >= 15 is 0 Å². The smallest absolute Gasteiger partial charge is 0.295 e. The molecule has 8 heteroatoms. The van der Waals surface area contributed by atoms with E-state index in [9.17, 15) is 9.18 Å². The van der Waals surface area contributed by atoms with Crippen LogP contribution in [0.4, 0.5) is 10.4 Å². The summed E-state index contributed by atoms with van der Waals surface area (Å²) in [7, 11) is 0. The van der Waals surface area contributed by atoms with Gasteiger partial charge in [0.1, 0.15) is 11.3 Å². The van der Waals surface area contributed by atoms with Gasteiger partial charge in [0.15, 0.2) is 11.4 Å². The average Bonchev–Trinajstić information content (AvgIpc) is 3.25. The lowest BCUT2D eigenvalue weighted by molar-refractivity contribution is 0.0540. The van der Waals surface area contributed by atoms with Gasteiger partial charge in [-0.15, -0.1) is 0 Å². The Morgan fingerprint density at radius 3 is 2.85 bits per heavy atom. The molecule has 0 unspecified atom stereocenters. The molecular weight excluding hydrogens is 433 g/mol. The summed E-state index contributed by atoms with van der Waals surface area (Å²) in [6.07, 6.45) is 5.34. The molecular formula is C26H26FN5O2. The molecule has 0 saturated carbocycles. The number of amides is 1. The molecule has 1 saturated heterocycles. The van der Waals surface area contributed by atoms with Gasteiger partial charge >= 0.3 is 0 Å². The van der Waals surface area contributed by atoms with Crippen molar-refractivity contribution in [1.29, 1.82) is 0 Å². The van der Waals surface area contributed by atoms with Crippen molar-refractivity contribution in [2.24, 2.45) is 5.92 Å². The van der Waals surface area contributed by atoms with Crippen molar-refractivity contribution in [1.82, 2.24) is 19.9 Å². The minimum absolute atomic E-state index is 0.0378. The third-order valence-electron chi connectivity index (χ3n) is 6.48. The highest BCUT2D eigenvalue weighted by Crippen LogP contribution is 2.30. The summed E-state index contributed by atoms with van der Waals surface area (Å²) >= 11 is 0. The van der Waals surface area contributed by atoms with E-state index in [0.717, 1.165) is 24.0 Å². The third kappa shape index (κ3) is 4.23. The molecule has 1 aliphatic heterocycles. The molecule has 0 radical (unpaired) electrons. The van der Waals surface area contributed by atoms with E-state index < -0.39 is 0 Å². The van der Waals surface area contributed by atoms with Crippen LogP contribution in [0.1, 0.15) is 35.7 Å². The average molecular weight is 460 g/mol. The molecule has 0 spiro atoms. The second-order valence-electron chi connectivity index (χ2n) is 8.77. The van der Waals surface area contributed by atoms with Crippen LogP contribution >= 0.6 is 0 Å². The van der Waals surface area contributed by atoms with Gasteiger partial charge in [-0.25, -0.2) is 14.4 Å². The van der Waals surface area contributed by atoms with Gasteiger partial charge in [-0.3, -0.25) is 4.79 Å². The van der Waals surface area contributed by atoms with Crippen molar-refractivity contribution in [3.63, 3.8) is 0 Å². The van der Waals surface area contributed by atoms with Crippen LogP contribution in [0.5, 0.6) is 0 Å². The Balaban J connectivity index is 1.42. The quantitative estimate of drug-likeness (QED) is 0.448. The number of anilines is 1. The SMILES string of the molecule is Cc1cccc(C(=O)N2CCC[C@@H](C)[C@H]2CNc2nc3cc(F)ccc3o2)c1-c1ncccn1. The summed E-state index contributed by atoms with van der Waals surface area (Å²) < 4.78 is 19.2. The summed E-state index contributed by atoms with van der Waals surface area (Å²) in [5.41, 5.74) is 3.29. The Morgan fingerprint density at radius 1 is 1.21 bits per heavy atom. The van der Waals surface area contributed by atoms with E-state index in [4.69, 9.17) is 4.42 Å². The summed E-state index contributed by atoms with van der Waals surface area (Å²) in [4.78, 5) is 28.9. The number of hydrogen-bond donors (Lipinski definition) is 1. The number of piperidine rings is 1. The molecule has 0 bridgehead atoms. The number of likely N-dealkylation sites (tertiary alicyclic amines) is 1. The standard InChI is InChI=1S/C26H26FN5O2/c1-16-7-4-13-32(21(16)15-30-26-31-20-14-18(27)9-10-22(20)34-26)25(33)19-8-3-6-17(2)23(19)24-28-11-5-12-29-24/h3,5-6,8-12,14,16,21H,4,7,13,15H2,1-2H3,(H,30,31)/t16-,21-/m1/s1. The Hall–Kier alpha value is -3.81. The number of carbonyl (C=O) groups excluding carboxylic acids is 1. The first kappa shape index (κ1) is 22.0. The van der Waals surface area contributed by atoms with Crippen molar-refractivity contribution in [2.75, 3.05) is 18.4 Å². The lowest BCUT2D eigenvalue weighted by atomic mass is 9.89. The second-order valence-corrected chi connectivity index (χ2v) is 8.77. The number of aryl methyl sites for hydroxylation is 1. The molecule has 2 aromatic carbocycles. The number of nitrogens with zero attached hydrogens (tertiary/aromatic N) is 4. The van der Waals surface area contributed by atoms with Gasteiger partial charge in [0, 0.05) is 37.1 Å². The fourth-order valence-electron chi connectivity index (χ4n) is 4.71. The van der Waals surface area contributed by atoms with Crippen LogP contribution in [0.3, 0.4) is 0 Å². The molecule has 7 nitrogen and oxygen atoms in total. The zero-order valence-electron chi connectivity index (χ0n) is 19.2. The van der Waals surface area contributed by atoms with Crippen LogP contribution in [0.2, 0.25) is 0 Å². The maximum absolute atomic E-state index is 13.9. The number of hydrogen-bond acceptors (Lipinski definition) is 6. The maximum Gasteiger partial charge on any atom is 0.295 e. The van der Waals surface area contributed by atoms with Crippen molar-refractivity contribution in [3.05, 3.63) is 71.8 Å². The lowest BCUT2D eigenvalue weighted by Gasteiger charge is -2.40. The lowest BCUT2D eigenvalue weighted by Crippen LogP contribution is -2.51. The van der Waals surface area contributed by atoms with Crippen LogP contribution in [0, 0.1) is 18.7 Å². The molecule has 2 atom stereocenters. The Kier molecular flexibility index (Phi) is 5.96. The van der Waals surface area contributed by atoms with E-state index in [1.54, 1.807) is 24.5 Å². The summed E-state index contributed by atoms with van der Waals surface area (Å²) in [5.74, 6) is 0.432. The van der Waals surface area contributed by atoms with Crippen molar-refractivity contribution >= 4 is 23.0 Å². The fraction of sp³-hybridized carbons (Fsp3) is 0.308. The first-order chi connectivity index (χ1) is 16.5. The number of rotatable bonds is 5. The Labute approximate surface area is 197 Å². The number of halogens is 1. The molecule has 1 aliphatic rings. The summed E-state index contributed by atoms with van der Waals surface area (Å²) in [5, 5.41) is 3.23. The minimum atomic E-state index is -0.360. The Bertz CT molecular complexity index is 1320. The molecule has 2 aromatic heterocycles. The molecule has 1 N–H and O–H groups in total. The number of benzene rings is 2. The number of oxazole rings is 1. The van der Waals surface area contributed by atoms with Crippen LogP contribution in [0.25, 0.3) is 22.5 Å². The van der Waals surface area contributed by atoms with Crippen LogP contribution < -0.4 is 5.32 Å². The zero-order valence-corrected chi connectivity index (χ0v) is 19.2. The van der Waals surface area contributed by atoms with Crippen LogP contribution in [-0.2, 0) is 0 Å². The van der Waals surface area contributed by atoms with Crippen molar-refractivity contribution in [3.8, 4) is 11.4 Å². The minimum Gasteiger partial charge on any atom is -0.424 e. The molecule has 3 heterocycles. The van der Waals surface area contributed by atoms with Gasteiger partial charge in [0.2, 0.25) is 0 Å². The highest BCUT2D eigenvalue weighted by Gasteiger charge is 2.34. The zero-order chi connectivity index (χ0) is 23.7. The number of nitrogens with one attached hydrogen (secondary N) is 1. The topological polar surface area (TPSA) is 84.2 Å². The van der Waals surface area contributed by atoms with E-state index in [-0.39, 0.29) is 23.7 Å². The molecule has 1 amide bonds. The highest BCUT2D eigenvalue weighted by molar-refractivity contribution is 6.01. The van der Waals surface area contributed by atoms with E-state index in [2.05, 4.69) is 27.2 Å². The van der Waals surface area contributed by atoms with Crippen LogP contribution in [0.15, 0.2) is 59.3 Å². The molecule has 34 heavy (non-hydrogen) atoms. The summed E-state index contributed by atoms with van der Waals surface area (Å²) in [6.45, 7) is 5.27. The van der Waals surface area contributed by atoms with E-state index in [0.29, 0.717) is 41.6 Å². The monoisotopic (exact) mass is 459 g/mol. The van der Waals surface area contributed by atoms with Gasteiger partial charge < -0.3 is 14.6 Å². The first-order valence-corrected chi connectivity index (χ1v) is 11.5. The molecule has 0 aliphatic carbocycles. The predicted molar refractivity (Wildman–Crippen MR) is 128 cm³/mol. The fourth-order valence-corrected chi connectivity index (χ4v) is 4.71.